The summed E-state index contributed by atoms with van der Waals surface area (Å²) in [5.41, 5.74) is 0.477. The van der Waals surface area contributed by atoms with E-state index in [-0.39, 0.29) is 5.56 Å². The summed E-state index contributed by atoms with van der Waals surface area (Å²) in [7, 11) is 0. The number of hydrogen-bond acceptors (Lipinski definition) is 5. The van der Waals surface area contributed by atoms with Gasteiger partial charge in [-0.2, -0.15) is 0 Å². The molecule has 0 saturated carbocycles. The Hall–Kier alpha value is -0.920. The highest BCUT2D eigenvalue weighted by atomic mass is 79.9. The van der Waals surface area contributed by atoms with Crippen LogP contribution in [0.4, 0.5) is 0 Å². The number of halogens is 1. The van der Waals surface area contributed by atoms with Gasteiger partial charge in [0.1, 0.15) is 5.65 Å². The van der Waals surface area contributed by atoms with Crippen LogP contribution < -0.4 is 5.56 Å². The van der Waals surface area contributed by atoms with Crippen molar-refractivity contribution in [3.63, 3.8) is 0 Å². The van der Waals surface area contributed by atoms with Gasteiger partial charge in [-0.1, -0.05) is 27.7 Å². The summed E-state index contributed by atoms with van der Waals surface area (Å²) < 4.78 is 0. The molecular weight excluding hydrogens is 306 g/mol. The summed E-state index contributed by atoms with van der Waals surface area (Å²) in [6.07, 6.45) is 2.67. The van der Waals surface area contributed by atoms with E-state index in [0.29, 0.717) is 27.1 Å². The Morgan fingerprint density at radius 1 is 1.65 bits per heavy atom. The molecule has 7 heteroatoms. The lowest BCUT2D eigenvalue weighted by atomic mass is 10.1. The number of aromatic nitrogens is 3. The average molecular weight is 316 g/mol. The van der Waals surface area contributed by atoms with E-state index in [0.717, 1.165) is 0 Å². The fourth-order valence-electron chi connectivity index (χ4n) is 1.42. The zero-order valence-corrected chi connectivity index (χ0v) is 11.4. The number of aliphatic hydroxyl groups is 1. The Kier molecular flexibility index (Phi) is 3.80. The molecule has 0 fully saturated rings. The topological polar surface area (TPSA) is 78.9 Å². The molecule has 2 N–H and O–H groups in total. The van der Waals surface area contributed by atoms with Crippen LogP contribution in [0, 0.1) is 0 Å². The Morgan fingerprint density at radius 3 is 3.06 bits per heavy atom. The minimum Gasteiger partial charge on any atom is -0.387 e. The molecule has 0 saturated heterocycles. The Balaban J connectivity index is 2.62. The predicted molar refractivity (Wildman–Crippen MR) is 70.7 cm³/mol. The molecule has 17 heavy (non-hydrogen) atoms. The lowest BCUT2D eigenvalue weighted by Gasteiger charge is -2.07. The molecule has 0 radical (unpaired) electrons. The second-order valence-electron chi connectivity index (χ2n) is 3.38. The number of aromatic amines is 1. The van der Waals surface area contributed by atoms with Gasteiger partial charge in [0, 0.05) is 22.5 Å². The maximum Gasteiger partial charge on any atom is 0.255 e. The third-order valence-corrected chi connectivity index (χ3v) is 3.46. The van der Waals surface area contributed by atoms with Crippen molar-refractivity contribution in [3.05, 3.63) is 28.2 Å². The highest BCUT2D eigenvalue weighted by molar-refractivity contribution is 9.09. The average Bonchev–Trinajstić information content (AvgIpc) is 2.36. The van der Waals surface area contributed by atoms with Crippen LogP contribution in [-0.4, -0.2) is 31.6 Å². The van der Waals surface area contributed by atoms with Crippen LogP contribution >= 0.6 is 27.7 Å². The van der Waals surface area contributed by atoms with Crippen molar-refractivity contribution in [1.82, 2.24) is 15.0 Å². The van der Waals surface area contributed by atoms with Gasteiger partial charge in [0.05, 0.1) is 6.10 Å². The van der Waals surface area contributed by atoms with E-state index >= 15 is 0 Å². The minimum absolute atomic E-state index is 0.311. The van der Waals surface area contributed by atoms with Crippen LogP contribution in [0.15, 0.2) is 22.2 Å². The van der Waals surface area contributed by atoms with Gasteiger partial charge < -0.3 is 10.1 Å². The number of fused-ring (bicyclic) bond motifs is 1. The highest BCUT2D eigenvalue weighted by Crippen LogP contribution is 2.17. The van der Waals surface area contributed by atoms with Gasteiger partial charge >= 0.3 is 0 Å². The van der Waals surface area contributed by atoms with Gasteiger partial charge in [0.15, 0.2) is 5.16 Å². The molecule has 1 unspecified atom stereocenters. The number of hydrogen-bond donors (Lipinski definition) is 2. The van der Waals surface area contributed by atoms with Crippen LogP contribution in [0.5, 0.6) is 0 Å². The first-order chi connectivity index (χ1) is 8.15. The zero-order valence-electron chi connectivity index (χ0n) is 8.98. The number of nitrogens with one attached hydrogen (secondary N) is 1. The van der Waals surface area contributed by atoms with E-state index in [9.17, 15) is 9.90 Å². The van der Waals surface area contributed by atoms with Gasteiger partial charge in [-0.15, -0.1) is 0 Å². The largest absolute Gasteiger partial charge is 0.387 e. The highest BCUT2D eigenvalue weighted by Gasteiger charge is 2.12. The van der Waals surface area contributed by atoms with Crippen LogP contribution in [0.1, 0.15) is 11.7 Å². The molecule has 2 rings (SSSR count). The summed E-state index contributed by atoms with van der Waals surface area (Å²) >= 11 is 4.54. The molecule has 0 aliphatic carbocycles. The number of H-pyrrole nitrogens is 1. The van der Waals surface area contributed by atoms with Crippen molar-refractivity contribution in [2.45, 2.75) is 11.3 Å². The number of thioether (sulfide) groups is 1. The maximum absolute atomic E-state index is 11.7. The quantitative estimate of drug-likeness (QED) is 0.509. The Labute approximate surface area is 110 Å². The smallest absolute Gasteiger partial charge is 0.255 e. The first kappa shape index (κ1) is 12.5. The second kappa shape index (κ2) is 5.16. The fraction of sp³-hybridized carbons (Fsp3) is 0.300. The van der Waals surface area contributed by atoms with Crippen molar-refractivity contribution in [3.8, 4) is 0 Å². The third-order valence-electron chi connectivity index (χ3n) is 2.29. The van der Waals surface area contributed by atoms with Crippen molar-refractivity contribution < 1.29 is 5.11 Å². The lowest BCUT2D eigenvalue weighted by Crippen LogP contribution is -2.17. The molecule has 0 aliphatic heterocycles. The van der Waals surface area contributed by atoms with Gasteiger partial charge in [0.25, 0.3) is 5.56 Å². The second-order valence-corrected chi connectivity index (χ2v) is 4.81. The van der Waals surface area contributed by atoms with Crippen LogP contribution in [-0.2, 0) is 0 Å². The van der Waals surface area contributed by atoms with E-state index in [1.54, 1.807) is 12.3 Å². The maximum atomic E-state index is 11.7. The molecule has 0 amide bonds. The zero-order chi connectivity index (χ0) is 12.4. The fourth-order valence-corrected chi connectivity index (χ4v) is 2.11. The molecule has 90 valence electrons. The van der Waals surface area contributed by atoms with Crippen molar-refractivity contribution in [2.75, 3.05) is 11.6 Å². The number of alkyl halides is 1. The first-order valence-electron chi connectivity index (χ1n) is 4.83. The molecule has 2 aromatic rings. The molecule has 0 aliphatic rings. The first-order valence-corrected chi connectivity index (χ1v) is 7.18. The van der Waals surface area contributed by atoms with Crippen molar-refractivity contribution in [1.29, 1.82) is 0 Å². The summed E-state index contributed by atoms with van der Waals surface area (Å²) in [5.74, 6) is 0. The van der Waals surface area contributed by atoms with E-state index in [4.69, 9.17) is 0 Å². The van der Waals surface area contributed by atoms with E-state index in [1.807, 2.05) is 6.26 Å². The SMILES string of the molecule is CSc1ncc2cc(C(O)CBr)c(=O)[nH]c2n1. The van der Waals surface area contributed by atoms with Gasteiger partial charge in [-0.25, -0.2) is 9.97 Å². The normalized spacial score (nSPS) is 12.9. The monoisotopic (exact) mass is 315 g/mol. The summed E-state index contributed by atoms with van der Waals surface area (Å²) in [6.45, 7) is 0. The Bertz CT molecular complexity index is 602. The molecule has 2 heterocycles. The molecule has 1 atom stereocenters. The number of aliphatic hydroxyl groups excluding tert-OH is 1. The standard InChI is InChI=1S/C10H10BrN3O2S/c1-17-10-12-4-5-2-6(7(15)3-11)9(16)13-8(5)14-10/h2,4,7,15H,3H2,1H3,(H,12,13,14,16). The Morgan fingerprint density at radius 2 is 2.41 bits per heavy atom. The third kappa shape index (κ3) is 2.51. The van der Waals surface area contributed by atoms with Crippen molar-refractivity contribution in [2.24, 2.45) is 0 Å². The van der Waals surface area contributed by atoms with Crippen LogP contribution in [0.2, 0.25) is 0 Å². The van der Waals surface area contributed by atoms with Crippen molar-refractivity contribution >= 4 is 38.7 Å². The van der Waals surface area contributed by atoms with E-state index in [2.05, 4.69) is 30.9 Å². The predicted octanol–water partition coefficient (Wildman–Crippen LogP) is 1.47. The van der Waals surface area contributed by atoms with Gasteiger partial charge in [0.2, 0.25) is 0 Å². The van der Waals surface area contributed by atoms with E-state index < -0.39 is 6.10 Å². The number of rotatable bonds is 3. The lowest BCUT2D eigenvalue weighted by molar-refractivity contribution is 0.204. The van der Waals surface area contributed by atoms with Gasteiger partial charge in [-0.3, -0.25) is 4.79 Å². The molecule has 0 bridgehead atoms. The number of nitrogens with zero attached hydrogens (tertiary/aromatic N) is 2. The summed E-state index contributed by atoms with van der Waals surface area (Å²) in [4.78, 5) is 22.7. The van der Waals surface area contributed by atoms with Gasteiger partial charge in [-0.05, 0) is 12.3 Å². The van der Waals surface area contributed by atoms with E-state index in [1.165, 1.54) is 11.8 Å². The number of pyridine rings is 1. The summed E-state index contributed by atoms with van der Waals surface area (Å²) in [5, 5.41) is 11.3. The van der Waals surface area contributed by atoms with Crippen LogP contribution in [0.3, 0.4) is 0 Å². The molecule has 5 nitrogen and oxygen atoms in total. The molecule has 2 aromatic heterocycles. The molecular formula is C10H10BrN3O2S. The minimum atomic E-state index is -0.830. The van der Waals surface area contributed by atoms with Crippen LogP contribution in [0.25, 0.3) is 11.0 Å². The molecule has 0 aromatic carbocycles. The molecule has 0 spiro atoms. The summed E-state index contributed by atoms with van der Waals surface area (Å²) in [6, 6.07) is 1.62.